The van der Waals surface area contributed by atoms with Crippen molar-refractivity contribution in [1.29, 1.82) is 0 Å². The average Bonchev–Trinajstić information content (AvgIpc) is 1.85. The van der Waals surface area contributed by atoms with Gasteiger partial charge in [-0.25, -0.2) is 5.01 Å². The molecule has 0 saturated carbocycles. The molecule has 0 radical (unpaired) electrons. The average molecular weight is 156 g/mol. The van der Waals surface area contributed by atoms with Crippen LogP contribution < -0.4 is 5.43 Å². The van der Waals surface area contributed by atoms with E-state index < -0.39 is 0 Å². The van der Waals surface area contributed by atoms with Crippen LogP contribution in [0.15, 0.2) is 12.3 Å². The van der Waals surface area contributed by atoms with E-state index in [1.54, 1.807) is 0 Å². The molecule has 0 heterocycles. The van der Waals surface area contributed by atoms with Gasteiger partial charge in [0, 0.05) is 18.3 Å². The molecular weight excluding hydrogens is 136 g/mol. The van der Waals surface area contributed by atoms with Gasteiger partial charge in [0.15, 0.2) is 0 Å². The van der Waals surface area contributed by atoms with Crippen molar-refractivity contribution in [1.82, 2.24) is 10.4 Å². The lowest BCUT2D eigenvalue weighted by Crippen LogP contribution is -2.46. The summed E-state index contributed by atoms with van der Waals surface area (Å²) in [6, 6.07) is 0. The van der Waals surface area contributed by atoms with Gasteiger partial charge in [0.05, 0.1) is 0 Å². The summed E-state index contributed by atoms with van der Waals surface area (Å²) in [5.74, 6) is 0. The van der Waals surface area contributed by atoms with Crippen LogP contribution in [0.5, 0.6) is 0 Å². The third-order valence-corrected chi connectivity index (χ3v) is 1.76. The lowest BCUT2D eigenvalue weighted by molar-refractivity contribution is 0.124. The number of allylic oxidation sites excluding steroid dienone is 1. The minimum absolute atomic E-state index is 0.151. The van der Waals surface area contributed by atoms with Crippen LogP contribution in [0.2, 0.25) is 0 Å². The Morgan fingerprint density at radius 2 is 1.91 bits per heavy atom. The molecule has 11 heavy (non-hydrogen) atoms. The lowest BCUT2D eigenvalue weighted by Gasteiger charge is -2.33. The molecule has 0 aromatic carbocycles. The maximum Gasteiger partial charge on any atom is 0.0314 e. The fourth-order valence-corrected chi connectivity index (χ4v) is 0.484. The van der Waals surface area contributed by atoms with Crippen molar-refractivity contribution in [2.45, 2.75) is 39.7 Å². The SMILES string of the molecule is C=C(CC)NN(C)C(C)(C)C. The second-order valence-corrected chi connectivity index (χ2v) is 3.80. The van der Waals surface area contributed by atoms with Crippen molar-refractivity contribution in [2.75, 3.05) is 7.05 Å². The van der Waals surface area contributed by atoms with Crippen LogP contribution in [0.3, 0.4) is 0 Å². The predicted octanol–water partition coefficient (Wildman–Crippen LogP) is 2.15. The first-order valence-corrected chi connectivity index (χ1v) is 4.06. The molecule has 0 fully saturated rings. The molecular formula is C9H20N2. The van der Waals surface area contributed by atoms with Gasteiger partial charge < -0.3 is 5.43 Å². The molecule has 66 valence electrons. The van der Waals surface area contributed by atoms with Gasteiger partial charge in [0.1, 0.15) is 0 Å². The summed E-state index contributed by atoms with van der Waals surface area (Å²) in [4.78, 5) is 0. The summed E-state index contributed by atoms with van der Waals surface area (Å²) in [7, 11) is 2.03. The summed E-state index contributed by atoms with van der Waals surface area (Å²) >= 11 is 0. The molecule has 0 atom stereocenters. The van der Waals surface area contributed by atoms with E-state index in [2.05, 4.69) is 44.7 Å². The van der Waals surface area contributed by atoms with E-state index in [1.807, 2.05) is 7.05 Å². The predicted molar refractivity (Wildman–Crippen MR) is 50.1 cm³/mol. The molecule has 0 saturated heterocycles. The van der Waals surface area contributed by atoms with Crippen LogP contribution in [0, 0.1) is 0 Å². The number of hydrogen-bond donors (Lipinski definition) is 1. The monoisotopic (exact) mass is 156 g/mol. The van der Waals surface area contributed by atoms with Gasteiger partial charge in [-0.2, -0.15) is 0 Å². The van der Waals surface area contributed by atoms with Gasteiger partial charge in [0.2, 0.25) is 0 Å². The highest BCUT2D eigenvalue weighted by atomic mass is 15.5. The minimum Gasteiger partial charge on any atom is -0.323 e. The van der Waals surface area contributed by atoms with Crippen molar-refractivity contribution < 1.29 is 0 Å². The third kappa shape index (κ3) is 4.04. The second kappa shape index (κ2) is 3.77. The molecule has 0 aliphatic heterocycles. The van der Waals surface area contributed by atoms with E-state index in [9.17, 15) is 0 Å². The number of hydrogen-bond acceptors (Lipinski definition) is 2. The Morgan fingerprint density at radius 3 is 2.18 bits per heavy atom. The van der Waals surface area contributed by atoms with Crippen LogP contribution in [0.4, 0.5) is 0 Å². The number of rotatable bonds is 3. The third-order valence-electron chi connectivity index (χ3n) is 1.76. The van der Waals surface area contributed by atoms with Crippen molar-refractivity contribution >= 4 is 0 Å². The summed E-state index contributed by atoms with van der Waals surface area (Å²) in [6.45, 7) is 12.4. The minimum atomic E-state index is 0.151. The van der Waals surface area contributed by atoms with Gasteiger partial charge in [-0.15, -0.1) is 0 Å². The summed E-state index contributed by atoms with van der Waals surface area (Å²) in [5.41, 5.74) is 4.42. The molecule has 2 nitrogen and oxygen atoms in total. The molecule has 0 unspecified atom stereocenters. The number of hydrazine groups is 1. The Bertz CT molecular complexity index is 133. The van der Waals surface area contributed by atoms with Crippen LogP contribution in [0.1, 0.15) is 34.1 Å². The molecule has 0 spiro atoms. The Balaban J connectivity index is 3.87. The van der Waals surface area contributed by atoms with Crippen LogP contribution >= 0.6 is 0 Å². The van der Waals surface area contributed by atoms with Crippen LogP contribution in [-0.2, 0) is 0 Å². The van der Waals surface area contributed by atoms with E-state index in [4.69, 9.17) is 0 Å². The second-order valence-electron chi connectivity index (χ2n) is 3.80. The molecule has 0 aliphatic carbocycles. The van der Waals surface area contributed by atoms with Crippen molar-refractivity contribution in [3.05, 3.63) is 12.3 Å². The normalized spacial score (nSPS) is 11.8. The standard InChI is InChI=1S/C9H20N2/c1-7-8(2)10-11(6)9(3,4)5/h10H,2,7H2,1,3-6H3. The summed E-state index contributed by atoms with van der Waals surface area (Å²) < 4.78 is 0. The van der Waals surface area contributed by atoms with Crippen molar-refractivity contribution in [2.24, 2.45) is 0 Å². The molecule has 0 aromatic rings. The molecule has 0 rings (SSSR count). The van der Waals surface area contributed by atoms with E-state index in [0.29, 0.717) is 0 Å². The van der Waals surface area contributed by atoms with Crippen LogP contribution in [-0.4, -0.2) is 17.6 Å². The fourth-order valence-electron chi connectivity index (χ4n) is 0.484. The zero-order chi connectivity index (χ0) is 9.07. The molecule has 0 bridgehead atoms. The Hall–Kier alpha value is -0.500. The summed E-state index contributed by atoms with van der Waals surface area (Å²) in [6.07, 6.45) is 0.973. The largest absolute Gasteiger partial charge is 0.323 e. The highest BCUT2D eigenvalue weighted by Crippen LogP contribution is 2.08. The van der Waals surface area contributed by atoms with E-state index in [-0.39, 0.29) is 5.54 Å². The van der Waals surface area contributed by atoms with E-state index in [1.165, 1.54) is 0 Å². The van der Waals surface area contributed by atoms with E-state index in [0.717, 1.165) is 12.1 Å². The Kier molecular flexibility index (Phi) is 3.59. The van der Waals surface area contributed by atoms with Crippen LogP contribution in [0.25, 0.3) is 0 Å². The molecule has 0 aromatic heterocycles. The van der Waals surface area contributed by atoms with E-state index >= 15 is 0 Å². The van der Waals surface area contributed by atoms with Gasteiger partial charge in [-0.05, 0) is 27.2 Å². The quantitative estimate of drug-likeness (QED) is 0.630. The Labute approximate surface area is 70.2 Å². The van der Waals surface area contributed by atoms with Crippen molar-refractivity contribution in [3.63, 3.8) is 0 Å². The smallest absolute Gasteiger partial charge is 0.0314 e. The maximum absolute atomic E-state index is 3.87. The zero-order valence-electron chi connectivity index (χ0n) is 8.36. The van der Waals surface area contributed by atoms with Gasteiger partial charge >= 0.3 is 0 Å². The number of nitrogens with zero attached hydrogens (tertiary/aromatic N) is 1. The first-order valence-electron chi connectivity index (χ1n) is 4.06. The first-order chi connectivity index (χ1) is 4.88. The number of nitrogens with one attached hydrogen (secondary N) is 1. The molecule has 2 heteroatoms. The lowest BCUT2D eigenvalue weighted by atomic mass is 10.1. The highest BCUT2D eigenvalue weighted by Gasteiger charge is 2.16. The zero-order valence-corrected chi connectivity index (χ0v) is 8.36. The van der Waals surface area contributed by atoms with Crippen molar-refractivity contribution in [3.8, 4) is 0 Å². The molecule has 1 N–H and O–H groups in total. The first kappa shape index (κ1) is 10.5. The maximum atomic E-state index is 3.87. The topological polar surface area (TPSA) is 15.3 Å². The van der Waals surface area contributed by atoms with Gasteiger partial charge in [-0.1, -0.05) is 13.5 Å². The molecule has 0 aliphatic rings. The fraction of sp³-hybridized carbons (Fsp3) is 0.778. The molecule has 0 amide bonds. The van der Waals surface area contributed by atoms with Gasteiger partial charge in [-0.3, -0.25) is 0 Å². The highest BCUT2D eigenvalue weighted by molar-refractivity contribution is 4.89. The van der Waals surface area contributed by atoms with Gasteiger partial charge in [0.25, 0.3) is 0 Å². The summed E-state index contributed by atoms with van der Waals surface area (Å²) in [5, 5.41) is 2.07. The Morgan fingerprint density at radius 1 is 1.45 bits per heavy atom.